The molecule has 5 nitrogen and oxygen atoms in total. The zero-order chi connectivity index (χ0) is 18.9. The summed E-state index contributed by atoms with van der Waals surface area (Å²) in [6.45, 7) is 4.45. The SMILES string of the molecule is CC[C@@H](CNC(=O)NCC(=O)Nc1ccc(Br)cc1C)c1ccccc1. The largest absolute Gasteiger partial charge is 0.338 e. The summed E-state index contributed by atoms with van der Waals surface area (Å²) in [5, 5.41) is 8.22. The zero-order valence-corrected chi connectivity index (χ0v) is 16.6. The molecule has 0 fully saturated rings. The van der Waals surface area contributed by atoms with Gasteiger partial charge in [0.2, 0.25) is 5.91 Å². The first kappa shape index (κ1) is 20.0. The first-order chi connectivity index (χ1) is 12.5. The maximum atomic E-state index is 12.0. The Labute approximate surface area is 162 Å². The maximum Gasteiger partial charge on any atom is 0.315 e. The van der Waals surface area contributed by atoms with Gasteiger partial charge in [-0.15, -0.1) is 0 Å². The van der Waals surface area contributed by atoms with Gasteiger partial charge in [-0.2, -0.15) is 0 Å². The van der Waals surface area contributed by atoms with Gasteiger partial charge in [0.25, 0.3) is 0 Å². The molecular formula is C20H24BrN3O2. The number of anilines is 1. The van der Waals surface area contributed by atoms with Crippen LogP contribution >= 0.6 is 15.9 Å². The summed E-state index contributed by atoms with van der Waals surface area (Å²) in [7, 11) is 0. The number of amides is 3. The van der Waals surface area contributed by atoms with Gasteiger partial charge in [-0.05, 0) is 42.7 Å². The normalized spacial score (nSPS) is 11.5. The molecule has 1 atom stereocenters. The Hall–Kier alpha value is -2.34. The fourth-order valence-electron chi connectivity index (χ4n) is 2.62. The van der Waals surface area contributed by atoms with Gasteiger partial charge in [0.05, 0.1) is 6.54 Å². The van der Waals surface area contributed by atoms with Crippen molar-refractivity contribution in [3.63, 3.8) is 0 Å². The molecule has 0 aliphatic rings. The smallest absolute Gasteiger partial charge is 0.315 e. The van der Waals surface area contributed by atoms with Crippen molar-refractivity contribution in [2.45, 2.75) is 26.2 Å². The molecule has 3 amide bonds. The molecular weight excluding hydrogens is 394 g/mol. The lowest BCUT2D eigenvalue weighted by molar-refractivity contribution is -0.115. The highest BCUT2D eigenvalue weighted by molar-refractivity contribution is 9.10. The minimum Gasteiger partial charge on any atom is -0.338 e. The fraction of sp³-hybridized carbons (Fsp3) is 0.300. The van der Waals surface area contributed by atoms with E-state index in [-0.39, 0.29) is 24.4 Å². The maximum absolute atomic E-state index is 12.0. The number of halogens is 1. The molecule has 6 heteroatoms. The molecule has 26 heavy (non-hydrogen) atoms. The van der Waals surface area contributed by atoms with Crippen molar-refractivity contribution >= 4 is 33.6 Å². The van der Waals surface area contributed by atoms with E-state index in [0.717, 1.165) is 22.1 Å². The lowest BCUT2D eigenvalue weighted by atomic mass is 9.97. The van der Waals surface area contributed by atoms with Gasteiger partial charge in [-0.3, -0.25) is 4.79 Å². The molecule has 0 spiro atoms. The first-order valence-corrected chi connectivity index (χ1v) is 9.41. The minimum atomic E-state index is -0.345. The van der Waals surface area contributed by atoms with Gasteiger partial charge in [0, 0.05) is 22.6 Å². The van der Waals surface area contributed by atoms with Crippen LogP contribution < -0.4 is 16.0 Å². The highest BCUT2D eigenvalue weighted by Crippen LogP contribution is 2.20. The van der Waals surface area contributed by atoms with E-state index in [1.54, 1.807) is 0 Å². The Kier molecular flexibility index (Phi) is 7.66. The highest BCUT2D eigenvalue weighted by Gasteiger charge is 2.11. The van der Waals surface area contributed by atoms with Crippen LogP contribution in [0.25, 0.3) is 0 Å². The second-order valence-corrected chi connectivity index (χ2v) is 7.00. The third-order valence-electron chi connectivity index (χ3n) is 4.14. The molecule has 2 aromatic carbocycles. The number of hydrogen-bond donors (Lipinski definition) is 3. The van der Waals surface area contributed by atoms with Crippen LogP contribution in [0.5, 0.6) is 0 Å². The molecule has 0 heterocycles. The molecule has 2 aromatic rings. The Morgan fingerprint density at radius 1 is 1.08 bits per heavy atom. The lowest BCUT2D eigenvalue weighted by Gasteiger charge is -2.16. The topological polar surface area (TPSA) is 70.2 Å². The Morgan fingerprint density at radius 3 is 2.46 bits per heavy atom. The van der Waals surface area contributed by atoms with Gasteiger partial charge < -0.3 is 16.0 Å². The molecule has 0 unspecified atom stereocenters. The van der Waals surface area contributed by atoms with E-state index in [4.69, 9.17) is 0 Å². The van der Waals surface area contributed by atoms with Crippen molar-refractivity contribution < 1.29 is 9.59 Å². The van der Waals surface area contributed by atoms with Gasteiger partial charge in [0.15, 0.2) is 0 Å². The van der Waals surface area contributed by atoms with E-state index in [9.17, 15) is 9.59 Å². The summed E-state index contributed by atoms with van der Waals surface area (Å²) in [6, 6.07) is 15.3. The van der Waals surface area contributed by atoms with Crippen LogP contribution in [0.4, 0.5) is 10.5 Å². The van der Waals surface area contributed by atoms with Crippen LogP contribution in [0.3, 0.4) is 0 Å². The molecule has 0 aliphatic heterocycles. The predicted molar refractivity (Wildman–Crippen MR) is 108 cm³/mol. The number of carbonyl (C=O) groups excluding carboxylic acids is 2. The first-order valence-electron chi connectivity index (χ1n) is 8.62. The number of rotatable bonds is 7. The van der Waals surface area contributed by atoms with E-state index >= 15 is 0 Å². The summed E-state index contributed by atoms with van der Waals surface area (Å²) in [6.07, 6.45) is 0.924. The van der Waals surface area contributed by atoms with Crippen molar-refractivity contribution in [3.8, 4) is 0 Å². The van der Waals surface area contributed by atoms with Crippen molar-refractivity contribution in [2.75, 3.05) is 18.4 Å². The Bertz CT molecular complexity index is 750. The molecule has 0 aromatic heterocycles. The van der Waals surface area contributed by atoms with Crippen LogP contribution in [0.1, 0.15) is 30.4 Å². The number of urea groups is 1. The number of carbonyl (C=O) groups is 2. The van der Waals surface area contributed by atoms with E-state index < -0.39 is 0 Å². The summed E-state index contributed by atoms with van der Waals surface area (Å²) in [4.78, 5) is 24.0. The average Bonchev–Trinajstić information content (AvgIpc) is 2.64. The van der Waals surface area contributed by atoms with E-state index in [0.29, 0.717) is 6.54 Å². The third kappa shape index (κ3) is 6.19. The van der Waals surface area contributed by atoms with Crippen molar-refractivity contribution in [2.24, 2.45) is 0 Å². The van der Waals surface area contributed by atoms with Crippen molar-refractivity contribution in [3.05, 3.63) is 64.1 Å². The predicted octanol–water partition coefficient (Wildman–Crippen LogP) is 4.19. The molecule has 3 N–H and O–H groups in total. The van der Waals surface area contributed by atoms with Crippen molar-refractivity contribution in [1.29, 1.82) is 0 Å². The van der Waals surface area contributed by atoms with Crippen LogP contribution in [0.15, 0.2) is 53.0 Å². The van der Waals surface area contributed by atoms with E-state index in [1.807, 2.05) is 43.3 Å². The third-order valence-corrected chi connectivity index (χ3v) is 4.64. The van der Waals surface area contributed by atoms with Crippen LogP contribution in [0, 0.1) is 6.92 Å². The number of aryl methyl sites for hydroxylation is 1. The van der Waals surface area contributed by atoms with Gasteiger partial charge in [0.1, 0.15) is 0 Å². The lowest BCUT2D eigenvalue weighted by Crippen LogP contribution is -2.41. The molecule has 2 rings (SSSR count). The summed E-state index contributed by atoms with van der Waals surface area (Å²) in [5.74, 6) is -0.0122. The average molecular weight is 418 g/mol. The molecule has 0 aliphatic carbocycles. The van der Waals surface area contributed by atoms with Crippen LogP contribution in [0.2, 0.25) is 0 Å². The second kappa shape index (κ2) is 9.97. The molecule has 0 bridgehead atoms. The van der Waals surface area contributed by atoms with Gasteiger partial charge in [-0.1, -0.05) is 53.2 Å². The van der Waals surface area contributed by atoms with E-state index in [2.05, 4.69) is 50.9 Å². The molecule has 138 valence electrons. The van der Waals surface area contributed by atoms with Crippen LogP contribution in [-0.2, 0) is 4.79 Å². The highest BCUT2D eigenvalue weighted by atomic mass is 79.9. The molecule has 0 saturated heterocycles. The van der Waals surface area contributed by atoms with E-state index in [1.165, 1.54) is 5.56 Å². The fourth-order valence-corrected chi connectivity index (χ4v) is 3.10. The summed E-state index contributed by atoms with van der Waals surface area (Å²) < 4.78 is 0.953. The molecule has 0 radical (unpaired) electrons. The number of benzene rings is 2. The van der Waals surface area contributed by atoms with Crippen molar-refractivity contribution in [1.82, 2.24) is 10.6 Å². The zero-order valence-electron chi connectivity index (χ0n) is 15.0. The number of nitrogens with one attached hydrogen (secondary N) is 3. The Balaban J connectivity index is 1.76. The Morgan fingerprint density at radius 2 is 1.81 bits per heavy atom. The van der Waals surface area contributed by atoms with Crippen LogP contribution in [-0.4, -0.2) is 25.0 Å². The standard InChI is InChI=1S/C20H24BrN3O2/c1-3-15(16-7-5-4-6-8-16)12-22-20(26)23-13-19(25)24-18-10-9-17(21)11-14(18)2/h4-11,15H,3,12-13H2,1-2H3,(H,24,25)(H2,22,23,26)/t15-/m0/s1. The minimum absolute atomic E-state index is 0.0799. The quantitative estimate of drug-likeness (QED) is 0.631. The monoisotopic (exact) mass is 417 g/mol. The summed E-state index contributed by atoms with van der Waals surface area (Å²) in [5.41, 5.74) is 2.88. The van der Waals surface area contributed by atoms with Gasteiger partial charge >= 0.3 is 6.03 Å². The second-order valence-electron chi connectivity index (χ2n) is 6.09. The van der Waals surface area contributed by atoms with Gasteiger partial charge in [-0.25, -0.2) is 4.79 Å². The summed E-state index contributed by atoms with van der Waals surface area (Å²) >= 11 is 3.39. The molecule has 0 saturated carbocycles. The number of hydrogen-bond acceptors (Lipinski definition) is 2.